The predicted octanol–water partition coefficient (Wildman–Crippen LogP) is 4.58. The summed E-state index contributed by atoms with van der Waals surface area (Å²) >= 11 is 0. The van der Waals surface area contributed by atoms with Crippen molar-refractivity contribution in [2.45, 2.75) is 83.4 Å². The van der Waals surface area contributed by atoms with Crippen molar-refractivity contribution in [2.24, 2.45) is 0 Å². The Morgan fingerprint density at radius 1 is 1.20 bits per heavy atom. The third kappa shape index (κ3) is 4.51. The van der Waals surface area contributed by atoms with Gasteiger partial charge in [-0.3, -0.25) is 4.90 Å². The van der Waals surface area contributed by atoms with Crippen molar-refractivity contribution in [3.8, 4) is 0 Å². The maximum atomic E-state index is 13.1. The third-order valence-electron chi connectivity index (χ3n) is 5.01. The topological polar surface area (TPSA) is 54.5 Å². The SMILES string of the molecule is CC(C)(C)OC(=O)N(c1ncccc1[C@@H]1CCCN1)C1CCCCC1. The Morgan fingerprint density at radius 3 is 2.60 bits per heavy atom. The summed E-state index contributed by atoms with van der Waals surface area (Å²) in [6.45, 7) is 6.78. The lowest BCUT2D eigenvalue weighted by atomic mass is 9.93. The first-order valence-electron chi connectivity index (χ1n) is 9.66. The molecule has 5 nitrogen and oxygen atoms in total. The standard InChI is InChI=1S/C20H31N3O2/c1-20(2,3)25-19(24)23(15-9-5-4-6-10-15)18-16(11-7-14-22-18)17-12-8-13-21-17/h7,11,14-15,17,21H,4-6,8-10,12-13H2,1-3H3/t17-/m0/s1. The van der Waals surface area contributed by atoms with Crippen LogP contribution in [0.2, 0.25) is 0 Å². The molecule has 2 fully saturated rings. The van der Waals surface area contributed by atoms with Crippen LogP contribution in [0.3, 0.4) is 0 Å². The number of carbonyl (C=O) groups is 1. The maximum Gasteiger partial charge on any atom is 0.416 e. The number of anilines is 1. The molecule has 0 aromatic carbocycles. The molecular weight excluding hydrogens is 314 g/mol. The van der Waals surface area contributed by atoms with Crippen LogP contribution >= 0.6 is 0 Å². The first kappa shape index (κ1) is 18.2. The van der Waals surface area contributed by atoms with Gasteiger partial charge in [0.05, 0.1) is 0 Å². The van der Waals surface area contributed by atoms with E-state index < -0.39 is 5.60 Å². The number of nitrogens with one attached hydrogen (secondary N) is 1. The van der Waals surface area contributed by atoms with Crippen LogP contribution in [0.4, 0.5) is 10.6 Å². The Kier molecular flexibility index (Phi) is 5.62. The summed E-state index contributed by atoms with van der Waals surface area (Å²) in [5.74, 6) is 0.781. The summed E-state index contributed by atoms with van der Waals surface area (Å²) in [6.07, 6.45) is 9.38. The molecule has 2 heterocycles. The number of amides is 1. The normalized spacial score (nSPS) is 22.0. The van der Waals surface area contributed by atoms with E-state index in [9.17, 15) is 4.79 Å². The average Bonchev–Trinajstić information content (AvgIpc) is 3.09. The van der Waals surface area contributed by atoms with E-state index in [0.29, 0.717) is 0 Å². The highest BCUT2D eigenvalue weighted by atomic mass is 16.6. The molecule has 0 unspecified atom stereocenters. The molecule has 1 saturated carbocycles. The largest absolute Gasteiger partial charge is 0.443 e. The maximum absolute atomic E-state index is 13.1. The average molecular weight is 345 g/mol. The lowest BCUT2D eigenvalue weighted by molar-refractivity contribution is 0.0556. The number of pyridine rings is 1. The summed E-state index contributed by atoms with van der Waals surface area (Å²) in [5.41, 5.74) is 0.612. The summed E-state index contributed by atoms with van der Waals surface area (Å²) in [4.78, 5) is 19.6. The molecule has 138 valence electrons. The van der Waals surface area contributed by atoms with Crippen LogP contribution in [0, 0.1) is 0 Å². The van der Waals surface area contributed by atoms with Gasteiger partial charge >= 0.3 is 6.09 Å². The van der Waals surface area contributed by atoms with E-state index in [0.717, 1.165) is 56.5 Å². The number of rotatable bonds is 3. The summed E-state index contributed by atoms with van der Waals surface area (Å²) in [6, 6.07) is 4.52. The molecule has 1 aliphatic heterocycles. The smallest absolute Gasteiger partial charge is 0.416 e. The van der Waals surface area contributed by atoms with Crippen molar-refractivity contribution >= 4 is 11.9 Å². The highest BCUT2D eigenvalue weighted by Crippen LogP contribution is 2.34. The zero-order chi connectivity index (χ0) is 17.9. The van der Waals surface area contributed by atoms with Gasteiger partial charge in [-0.05, 0) is 59.1 Å². The molecule has 3 rings (SSSR count). The molecule has 2 aliphatic rings. The molecule has 1 atom stereocenters. The molecule has 25 heavy (non-hydrogen) atoms. The van der Waals surface area contributed by atoms with E-state index in [4.69, 9.17) is 4.74 Å². The molecule has 1 aromatic heterocycles. The molecule has 0 spiro atoms. The van der Waals surface area contributed by atoms with Crippen molar-refractivity contribution in [1.82, 2.24) is 10.3 Å². The molecule has 1 amide bonds. The van der Waals surface area contributed by atoms with Crippen LogP contribution < -0.4 is 10.2 Å². The Balaban J connectivity index is 1.94. The van der Waals surface area contributed by atoms with Gasteiger partial charge in [-0.1, -0.05) is 25.3 Å². The number of ether oxygens (including phenoxy) is 1. The number of carbonyl (C=O) groups excluding carboxylic acids is 1. The molecule has 1 aliphatic carbocycles. The number of hydrogen-bond donors (Lipinski definition) is 1. The summed E-state index contributed by atoms with van der Waals surface area (Å²) < 4.78 is 5.75. The van der Waals surface area contributed by atoms with Gasteiger partial charge in [-0.25, -0.2) is 9.78 Å². The summed E-state index contributed by atoms with van der Waals surface area (Å²) in [5, 5.41) is 3.54. The fourth-order valence-electron chi connectivity index (χ4n) is 3.89. The highest BCUT2D eigenvalue weighted by Gasteiger charge is 2.34. The molecule has 5 heteroatoms. The molecule has 1 saturated heterocycles. The van der Waals surface area contributed by atoms with Crippen LogP contribution in [0.15, 0.2) is 18.3 Å². The van der Waals surface area contributed by atoms with Gasteiger partial charge in [0.25, 0.3) is 0 Å². The lowest BCUT2D eigenvalue weighted by Crippen LogP contribution is -2.45. The second-order valence-electron chi connectivity index (χ2n) is 8.21. The number of aromatic nitrogens is 1. The van der Waals surface area contributed by atoms with Crippen molar-refractivity contribution in [1.29, 1.82) is 0 Å². The molecular formula is C20H31N3O2. The fourth-order valence-corrected chi connectivity index (χ4v) is 3.89. The van der Waals surface area contributed by atoms with E-state index in [2.05, 4.69) is 16.4 Å². The molecule has 1 aromatic rings. The van der Waals surface area contributed by atoms with Crippen molar-refractivity contribution < 1.29 is 9.53 Å². The second kappa shape index (κ2) is 7.73. The van der Waals surface area contributed by atoms with Gasteiger partial charge in [0.2, 0.25) is 0 Å². The number of nitrogens with zero attached hydrogens (tertiary/aromatic N) is 2. The van der Waals surface area contributed by atoms with Crippen LogP contribution in [-0.2, 0) is 4.74 Å². The Morgan fingerprint density at radius 2 is 1.96 bits per heavy atom. The molecule has 0 radical (unpaired) electrons. The van der Waals surface area contributed by atoms with Crippen molar-refractivity contribution in [3.05, 3.63) is 23.9 Å². The van der Waals surface area contributed by atoms with Gasteiger partial charge < -0.3 is 10.1 Å². The van der Waals surface area contributed by atoms with Gasteiger partial charge in [0.15, 0.2) is 0 Å². The Hall–Kier alpha value is -1.62. The van der Waals surface area contributed by atoms with Crippen LogP contribution in [0.1, 0.15) is 77.3 Å². The Labute approximate surface area is 151 Å². The second-order valence-corrected chi connectivity index (χ2v) is 8.21. The molecule has 1 N–H and O–H groups in total. The van der Waals surface area contributed by atoms with Crippen LogP contribution in [0.5, 0.6) is 0 Å². The lowest BCUT2D eigenvalue weighted by Gasteiger charge is -2.36. The fraction of sp³-hybridized carbons (Fsp3) is 0.700. The van der Waals surface area contributed by atoms with Gasteiger partial charge in [-0.15, -0.1) is 0 Å². The van der Waals surface area contributed by atoms with Crippen molar-refractivity contribution in [2.75, 3.05) is 11.4 Å². The van der Waals surface area contributed by atoms with E-state index in [1.807, 2.05) is 31.7 Å². The van der Waals surface area contributed by atoms with E-state index in [1.165, 1.54) is 6.42 Å². The predicted molar refractivity (Wildman–Crippen MR) is 99.8 cm³/mol. The minimum absolute atomic E-state index is 0.179. The first-order chi connectivity index (χ1) is 12.0. The van der Waals surface area contributed by atoms with Gasteiger partial charge in [-0.2, -0.15) is 0 Å². The van der Waals surface area contributed by atoms with E-state index in [-0.39, 0.29) is 18.2 Å². The first-order valence-corrected chi connectivity index (χ1v) is 9.66. The van der Waals surface area contributed by atoms with E-state index >= 15 is 0 Å². The highest BCUT2D eigenvalue weighted by molar-refractivity contribution is 5.88. The third-order valence-corrected chi connectivity index (χ3v) is 5.01. The zero-order valence-electron chi connectivity index (χ0n) is 15.8. The van der Waals surface area contributed by atoms with Crippen molar-refractivity contribution in [3.63, 3.8) is 0 Å². The van der Waals surface area contributed by atoms with Crippen LogP contribution in [0.25, 0.3) is 0 Å². The zero-order valence-corrected chi connectivity index (χ0v) is 15.8. The molecule has 0 bridgehead atoms. The van der Waals surface area contributed by atoms with Gasteiger partial charge in [0.1, 0.15) is 11.4 Å². The quantitative estimate of drug-likeness (QED) is 0.871. The monoisotopic (exact) mass is 345 g/mol. The van der Waals surface area contributed by atoms with Gasteiger partial charge in [0, 0.05) is 23.8 Å². The van der Waals surface area contributed by atoms with E-state index in [1.54, 1.807) is 6.20 Å². The summed E-state index contributed by atoms with van der Waals surface area (Å²) in [7, 11) is 0. The van der Waals surface area contributed by atoms with Crippen LogP contribution in [-0.4, -0.2) is 29.3 Å². The number of hydrogen-bond acceptors (Lipinski definition) is 4. The Bertz CT molecular complexity index is 585. The minimum atomic E-state index is -0.509. The minimum Gasteiger partial charge on any atom is -0.443 e.